The first-order chi connectivity index (χ1) is 15.9. The van der Waals surface area contributed by atoms with Crippen LogP contribution < -0.4 is 0 Å². The topological polar surface area (TPSA) is 83.1 Å². The van der Waals surface area contributed by atoms with E-state index >= 15 is 0 Å². The summed E-state index contributed by atoms with van der Waals surface area (Å²) in [7, 11) is 5.72. The van der Waals surface area contributed by atoms with Gasteiger partial charge in [-0.05, 0) is 32.1 Å². The molecule has 0 saturated heterocycles. The largest absolute Gasteiger partial charge is 0.536 e. The summed E-state index contributed by atoms with van der Waals surface area (Å²) in [6.07, 6.45) is 12.1. The first-order valence-corrected chi connectivity index (χ1v) is 16.2. The van der Waals surface area contributed by atoms with Crippen LogP contribution in [0.5, 0.6) is 0 Å². The standard InChI is InChI=1S/C21H42O9Si3/c1-22-31(23-2,24-3)19-13-10-15-20(32(25-4,26-5)27-6)17-12-18-21(16-11-14-19)33(28-7,29-8)30-9/h10,13-15,21H,11-12,16-18H2,1-9H3/b13-10?,19-14?,20-15-. The van der Waals surface area contributed by atoms with E-state index in [-0.39, 0.29) is 5.54 Å². The average Bonchev–Trinajstić information content (AvgIpc) is 2.85. The third-order valence-corrected chi connectivity index (χ3v) is 15.0. The molecule has 0 saturated carbocycles. The molecule has 33 heavy (non-hydrogen) atoms. The van der Waals surface area contributed by atoms with Crippen LogP contribution >= 0.6 is 0 Å². The van der Waals surface area contributed by atoms with Gasteiger partial charge < -0.3 is 39.8 Å². The molecule has 1 aliphatic rings. The van der Waals surface area contributed by atoms with Gasteiger partial charge in [0.2, 0.25) is 0 Å². The first kappa shape index (κ1) is 30.5. The predicted molar refractivity (Wildman–Crippen MR) is 132 cm³/mol. The van der Waals surface area contributed by atoms with Crippen LogP contribution in [0, 0.1) is 0 Å². The van der Waals surface area contributed by atoms with Crippen molar-refractivity contribution in [3.05, 3.63) is 34.7 Å². The van der Waals surface area contributed by atoms with Crippen molar-refractivity contribution in [2.45, 2.75) is 37.6 Å². The Balaban J connectivity index is 3.55. The summed E-state index contributed by atoms with van der Waals surface area (Å²) in [5.41, 5.74) is 0.104. The van der Waals surface area contributed by atoms with Crippen LogP contribution in [0.3, 0.4) is 0 Å². The summed E-state index contributed by atoms with van der Waals surface area (Å²) in [6.45, 7) is 0. The average molecular weight is 523 g/mol. The second kappa shape index (κ2) is 14.8. The van der Waals surface area contributed by atoms with Crippen molar-refractivity contribution in [2.75, 3.05) is 64.0 Å². The minimum Gasteiger partial charge on any atom is -0.377 e. The minimum atomic E-state index is -3.04. The summed E-state index contributed by atoms with van der Waals surface area (Å²) in [5.74, 6) is 0. The lowest BCUT2D eigenvalue weighted by atomic mass is 10.1. The van der Waals surface area contributed by atoms with E-state index in [0.29, 0.717) is 0 Å². The molecule has 0 bridgehead atoms. The van der Waals surface area contributed by atoms with Gasteiger partial charge in [0, 0.05) is 79.9 Å². The van der Waals surface area contributed by atoms with E-state index in [9.17, 15) is 0 Å². The van der Waals surface area contributed by atoms with Crippen LogP contribution in [0.4, 0.5) is 0 Å². The molecule has 9 nitrogen and oxygen atoms in total. The molecule has 0 aliphatic heterocycles. The quantitative estimate of drug-likeness (QED) is 0.358. The molecule has 0 amide bonds. The second-order valence-corrected chi connectivity index (χ2v) is 16.6. The van der Waals surface area contributed by atoms with Crippen molar-refractivity contribution in [3.8, 4) is 0 Å². The lowest BCUT2D eigenvalue weighted by molar-refractivity contribution is 0.107. The fourth-order valence-corrected chi connectivity index (χ4v) is 10.9. The highest BCUT2D eigenvalue weighted by Crippen LogP contribution is 2.36. The summed E-state index contributed by atoms with van der Waals surface area (Å²) in [4.78, 5) is 0. The van der Waals surface area contributed by atoms with Crippen molar-refractivity contribution in [1.29, 1.82) is 0 Å². The predicted octanol–water partition coefficient (Wildman–Crippen LogP) is 3.44. The fourth-order valence-electron chi connectivity index (χ4n) is 4.38. The first-order valence-electron chi connectivity index (χ1n) is 10.9. The van der Waals surface area contributed by atoms with E-state index in [1.54, 1.807) is 64.0 Å². The highest BCUT2D eigenvalue weighted by atomic mass is 28.4. The Morgan fingerprint density at radius 1 is 0.667 bits per heavy atom. The lowest BCUT2D eigenvalue weighted by Crippen LogP contribution is -2.48. The van der Waals surface area contributed by atoms with E-state index in [0.717, 1.165) is 42.5 Å². The fraction of sp³-hybridized carbons (Fsp3) is 0.714. The summed E-state index contributed by atoms with van der Waals surface area (Å²) >= 11 is 0. The molecule has 0 N–H and O–H groups in total. The Kier molecular flexibility index (Phi) is 13.7. The SMILES string of the molecule is CO[Si](OC)(OC)C1=CCCC([Si](OC)(OC)OC)CCC/C([Si](OC)(OC)OC)=C/C=C1. The molecule has 0 aromatic heterocycles. The zero-order chi connectivity index (χ0) is 25.0. The lowest BCUT2D eigenvalue weighted by Gasteiger charge is -2.33. The van der Waals surface area contributed by atoms with Crippen molar-refractivity contribution < 1.29 is 39.8 Å². The molecule has 0 aromatic carbocycles. The zero-order valence-corrected chi connectivity index (χ0v) is 24.6. The van der Waals surface area contributed by atoms with Gasteiger partial charge in [0.1, 0.15) is 0 Å². The van der Waals surface area contributed by atoms with E-state index in [2.05, 4.69) is 6.08 Å². The van der Waals surface area contributed by atoms with Gasteiger partial charge >= 0.3 is 26.4 Å². The van der Waals surface area contributed by atoms with Crippen LogP contribution in [0.1, 0.15) is 32.1 Å². The number of rotatable bonds is 12. The molecule has 12 heteroatoms. The van der Waals surface area contributed by atoms with Crippen LogP contribution in [0.25, 0.3) is 0 Å². The molecule has 1 unspecified atom stereocenters. The van der Waals surface area contributed by atoms with Gasteiger partial charge in [-0.3, -0.25) is 0 Å². The molecular weight excluding hydrogens is 480 g/mol. The Hall–Kier alpha value is -0.489. The maximum absolute atomic E-state index is 5.83. The van der Waals surface area contributed by atoms with E-state index in [4.69, 9.17) is 39.8 Å². The molecule has 1 atom stereocenters. The van der Waals surface area contributed by atoms with Gasteiger partial charge in [-0.2, -0.15) is 0 Å². The molecule has 0 fully saturated rings. The van der Waals surface area contributed by atoms with Crippen LogP contribution in [-0.2, 0) is 39.8 Å². The number of hydrogen-bond acceptors (Lipinski definition) is 9. The maximum Gasteiger partial charge on any atom is 0.536 e. The Bertz CT molecular complexity index is 633. The minimum absolute atomic E-state index is 0.104. The third kappa shape index (κ3) is 7.02. The highest BCUT2D eigenvalue weighted by molar-refractivity contribution is 6.69. The normalized spacial score (nSPS) is 21.1. The van der Waals surface area contributed by atoms with E-state index in [1.165, 1.54) is 0 Å². The van der Waals surface area contributed by atoms with Crippen molar-refractivity contribution in [1.82, 2.24) is 0 Å². The number of allylic oxidation sites excluding steroid dienone is 6. The molecule has 1 rings (SSSR count). The van der Waals surface area contributed by atoms with Crippen LogP contribution in [0.15, 0.2) is 34.7 Å². The highest BCUT2D eigenvalue weighted by Gasteiger charge is 2.48. The van der Waals surface area contributed by atoms with Gasteiger partial charge in [-0.15, -0.1) is 0 Å². The summed E-state index contributed by atoms with van der Waals surface area (Å²) in [6, 6.07) is 0. The van der Waals surface area contributed by atoms with Crippen molar-refractivity contribution in [2.24, 2.45) is 0 Å². The molecule has 0 heterocycles. The Labute approximate surface area is 202 Å². The van der Waals surface area contributed by atoms with Gasteiger partial charge in [-0.25, -0.2) is 0 Å². The van der Waals surface area contributed by atoms with Gasteiger partial charge in [0.05, 0.1) is 0 Å². The monoisotopic (exact) mass is 522 g/mol. The Morgan fingerprint density at radius 3 is 1.64 bits per heavy atom. The van der Waals surface area contributed by atoms with Gasteiger partial charge in [0.15, 0.2) is 0 Å². The maximum atomic E-state index is 5.83. The van der Waals surface area contributed by atoms with Crippen molar-refractivity contribution >= 4 is 26.4 Å². The number of hydrogen-bond donors (Lipinski definition) is 0. The molecular formula is C21H42O9Si3. The molecule has 0 aromatic rings. The molecule has 0 radical (unpaired) electrons. The molecule has 1 aliphatic carbocycles. The summed E-state index contributed by atoms with van der Waals surface area (Å²) in [5, 5.41) is 1.84. The molecule has 192 valence electrons. The third-order valence-electron chi connectivity index (χ3n) is 6.16. The smallest absolute Gasteiger partial charge is 0.377 e. The zero-order valence-electron chi connectivity index (χ0n) is 21.6. The molecule has 0 spiro atoms. The summed E-state index contributed by atoms with van der Waals surface area (Å²) < 4.78 is 52.0. The van der Waals surface area contributed by atoms with Crippen LogP contribution in [-0.4, -0.2) is 90.4 Å². The second-order valence-electron chi connectivity index (χ2n) is 7.43. The van der Waals surface area contributed by atoms with Crippen molar-refractivity contribution in [3.63, 3.8) is 0 Å². The van der Waals surface area contributed by atoms with E-state index in [1.807, 2.05) is 18.2 Å². The van der Waals surface area contributed by atoms with E-state index < -0.39 is 26.4 Å². The van der Waals surface area contributed by atoms with Crippen LogP contribution in [0.2, 0.25) is 5.54 Å². The van der Waals surface area contributed by atoms with Gasteiger partial charge in [0.25, 0.3) is 0 Å². The Morgan fingerprint density at radius 2 is 1.18 bits per heavy atom. The van der Waals surface area contributed by atoms with Gasteiger partial charge in [-0.1, -0.05) is 24.3 Å².